The van der Waals surface area contributed by atoms with Crippen molar-refractivity contribution < 1.29 is 57.4 Å². The molecule has 0 fully saturated rings. The van der Waals surface area contributed by atoms with Gasteiger partial charge in [-0.2, -0.15) is 30.7 Å². The van der Waals surface area contributed by atoms with Crippen LogP contribution >= 0.6 is 0 Å². The lowest BCUT2D eigenvalue weighted by Crippen LogP contribution is -2.55. The van der Waals surface area contributed by atoms with Crippen LogP contribution in [0, 0.1) is 29.1 Å². The highest BCUT2D eigenvalue weighted by molar-refractivity contribution is 5.24. The third-order valence-corrected chi connectivity index (χ3v) is 2.90. The minimum atomic E-state index is -6.50. The Labute approximate surface area is 131 Å². The lowest BCUT2D eigenvalue weighted by atomic mass is 10.1. The molecule has 0 aliphatic carbocycles. The molecular formula is C12H6F12O. The SMILES string of the molecule is Fc1c(F)c(F)c(CCCOC(F)(C(F)(F)F)C(F)(F)F)c(F)c1F. The van der Waals surface area contributed by atoms with Crippen LogP contribution in [0.4, 0.5) is 52.7 Å². The molecule has 0 saturated carbocycles. The quantitative estimate of drug-likeness (QED) is 0.292. The van der Waals surface area contributed by atoms with Gasteiger partial charge in [0.1, 0.15) is 0 Å². The molecule has 0 atom stereocenters. The Morgan fingerprint density at radius 1 is 0.600 bits per heavy atom. The van der Waals surface area contributed by atoms with Crippen LogP contribution in [0.5, 0.6) is 0 Å². The summed E-state index contributed by atoms with van der Waals surface area (Å²) in [5.74, 6) is -17.9. The molecule has 0 heterocycles. The minimum Gasteiger partial charge on any atom is -0.332 e. The summed E-state index contributed by atoms with van der Waals surface area (Å²) >= 11 is 0. The number of hydrogen-bond acceptors (Lipinski definition) is 1. The van der Waals surface area contributed by atoms with Crippen molar-refractivity contribution in [2.24, 2.45) is 0 Å². The summed E-state index contributed by atoms with van der Waals surface area (Å²) in [4.78, 5) is 0. The number of ether oxygens (including phenoxy) is 1. The fraction of sp³-hybridized carbons (Fsp3) is 0.500. The summed E-state index contributed by atoms with van der Waals surface area (Å²) in [6, 6.07) is 0. The van der Waals surface area contributed by atoms with Crippen LogP contribution in [0.15, 0.2) is 0 Å². The van der Waals surface area contributed by atoms with E-state index < -0.39 is 72.3 Å². The molecule has 1 nitrogen and oxygen atoms in total. The maximum Gasteiger partial charge on any atom is 0.458 e. The largest absolute Gasteiger partial charge is 0.458 e. The van der Waals surface area contributed by atoms with Crippen molar-refractivity contribution in [3.63, 3.8) is 0 Å². The van der Waals surface area contributed by atoms with E-state index in [4.69, 9.17) is 0 Å². The van der Waals surface area contributed by atoms with Gasteiger partial charge in [0.25, 0.3) is 0 Å². The molecule has 0 spiro atoms. The highest BCUT2D eigenvalue weighted by Gasteiger charge is 2.74. The molecule has 0 radical (unpaired) electrons. The van der Waals surface area contributed by atoms with E-state index in [1.165, 1.54) is 0 Å². The molecule has 0 aromatic heterocycles. The van der Waals surface area contributed by atoms with E-state index in [0.717, 1.165) is 0 Å². The second kappa shape index (κ2) is 6.92. The topological polar surface area (TPSA) is 9.23 Å². The van der Waals surface area contributed by atoms with Crippen LogP contribution < -0.4 is 0 Å². The average molecular weight is 394 g/mol. The molecule has 1 aromatic rings. The van der Waals surface area contributed by atoms with Gasteiger partial charge in [0, 0.05) is 5.56 Å². The van der Waals surface area contributed by atoms with E-state index in [-0.39, 0.29) is 0 Å². The summed E-state index contributed by atoms with van der Waals surface area (Å²) in [5, 5.41) is 0. The third kappa shape index (κ3) is 3.96. The fourth-order valence-corrected chi connectivity index (χ4v) is 1.66. The van der Waals surface area contributed by atoms with Gasteiger partial charge in [-0.25, -0.2) is 22.0 Å². The van der Waals surface area contributed by atoms with Gasteiger partial charge in [-0.1, -0.05) is 0 Å². The zero-order valence-electron chi connectivity index (χ0n) is 11.6. The lowest BCUT2D eigenvalue weighted by molar-refractivity contribution is -0.430. The van der Waals surface area contributed by atoms with Crippen molar-refractivity contribution in [3.8, 4) is 0 Å². The predicted molar refractivity (Wildman–Crippen MR) is 56.5 cm³/mol. The van der Waals surface area contributed by atoms with E-state index in [2.05, 4.69) is 4.74 Å². The average Bonchev–Trinajstić information content (AvgIpc) is 2.47. The Hall–Kier alpha value is -1.66. The molecule has 1 rings (SSSR count). The summed E-state index contributed by atoms with van der Waals surface area (Å²) in [6.45, 7) is -1.67. The molecule has 13 heteroatoms. The monoisotopic (exact) mass is 394 g/mol. The van der Waals surface area contributed by atoms with Crippen molar-refractivity contribution >= 4 is 0 Å². The summed E-state index contributed by atoms with van der Waals surface area (Å²) in [7, 11) is 0. The highest BCUT2D eigenvalue weighted by atomic mass is 19.4. The Kier molecular flexibility index (Phi) is 5.92. The van der Waals surface area contributed by atoms with Crippen molar-refractivity contribution in [2.75, 3.05) is 6.61 Å². The molecule has 144 valence electrons. The zero-order chi connectivity index (χ0) is 19.8. The van der Waals surface area contributed by atoms with E-state index in [1.807, 2.05) is 0 Å². The first-order chi connectivity index (χ1) is 11.1. The van der Waals surface area contributed by atoms with Crippen LogP contribution in [-0.4, -0.2) is 24.8 Å². The number of halogens is 12. The maximum atomic E-state index is 13.2. The van der Waals surface area contributed by atoms with Crippen molar-refractivity contribution in [3.05, 3.63) is 34.6 Å². The van der Waals surface area contributed by atoms with Crippen LogP contribution in [0.1, 0.15) is 12.0 Å². The van der Waals surface area contributed by atoms with Crippen molar-refractivity contribution in [2.45, 2.75) is 31.0 Å². The predicted octanol–water partition coefficient (Wildman–Crippen LogP) is 5.12. The smallest absolute Gasteiger partial charge is 0.332 e. The van der Waals surface area contributed by atoms with E-state index in [9.17, 15) is 52.7 Å². The van der Waals surface area contributed by atoms with Crippen LogP contribution in [-0.2, 0) is 11.2 Å². The lowest BCUT2D eigenvalue weighted by Gasteiger charge is -2.29. The molecule has 0 saturated heterocycles. The Bertz CT molecular complexity index is 589. The Balaban J connectivity index is 2.89. The molecule has 0 aliphatic heterocycles. The van der Waals surface area contributed by atoms with Gasteiger partial charge in [0.2, 0.25) is 5.82 Å². The zero-order valence-corrected chi connectivity index (χ0v) is 11.6. The second-order valence-electron chi connectivity index (χ2n) is 4.59. The molecule has 0 aliphatic rings. The second-order valence-corrected chi connectivity index (χ2v) is 4.59. The molecule has 1 aromatic carbocycles. The molecule has 0 N–H and O–H groups in total. The first-order valence-corrected chi connectivity index (χ1v) is 6.11. The van der Waals surface area contributed by atoms with Crippen molar-refractivity contribution in [1.82, 2.24) is 0 Å². The van der Waals surface area contributed by atoms with E-state index in [1.54, 1.807) is 0 Å². The van der Waals surface area contributed by atoms with Gasteiger partial charge < -0.3 is 4.74 Å². The van der Waals surface area contributed by atoms with Crippen LogP contribution in [0.2, 0.25) is 0 Å². The van der Waals surface area contributed by atoms with Gasteiger partial charge in [0.05, 0.1) is 6.61 Å². The molecule has 0 bridgehead atoms. The number of benzene rings is 1. The van der Waals surface area contributed by atoms with Gasteiger partial charge in [-0.3, -0.25) is 0 Å². The van der Waals surface area contributed by atoms with E-state index >= 15 is 0 Å². The summed E-state index contributed by atoms with van der Waals surface area (Å²) in [6.07, 6.45) is -15.3. The fourth-order valence-electron chi connectivity index (χ4n) is 1.66. The maximum absolute atomic E-state index is 13.2. The molecule has 0 unspecified atom stereocenters. The Morgan fingerprint density at radius 2 is 0.960 bits per heavy atom. The highest BCUT2D eigenvalue weighted by Crippen LogP contribution is 2.47. The van der Waals surface area contributed by atoms with Crippen LogP contribution in [0.25, 0.3) is 0 Å². The third-order valence-electron chi connectivity index (χ3n) is 2.90. The molecule has 0 amide bonds. The minimum absolute atomic E-state index is 1.10. The number of alkyl halides is 7. The Morgan fingerprint density at radius 3 is 1.32 bits per heavy atom. The number of rotatable bonds is 5. The van der Waals surface area contributed by atoms with Gasteiger partial charge in [-0.15, -0.1) is 0 Å². The molecular weight excluding hydrogens is 388 g/mol. The first kappa shape index (κ1) is 21.4. The van der Waals surface area contributed by atoms with E-state index in [0.29, 0.717) is 0 Å². The van der Waals surface area contributed by atoms with Gasteiger partial charge in [-0.05, 0) is 12.8 Å². The standard InChI is InChI=1S/C12H6F12O/c13-5-4(6(14)8(16)9(17)7(5)15)2-1-3-25-10(18,11(19,20)21)12(22,23)24/h1-3H2. The number of hydrogen-bond donors (Lipinski definition) is 0. The molecule has 25 heavy (non-hydrogen) atoms. The van der Waals surface area contributed by atoms with Gasteiger partial charge >= 0.3 is 18.2 Å². The van der Waals surface area contributed by atoms with Gasteiger partial charge in [0.15, 0.2) is 23.3 Å². The van der Waals surface area contributed by atoms with Crippen molar-refractivity contribution in [1.29, 1.82) is 0 Å². The summed E-state index contributed by atoms with van der Waals surface area (Å²) in [5.41, 5.74) is -1.48. The summed E-state index contributed by atoms with van der Waals surface area (Å²) < 4.78 is 154. The first-order valence-electron chi connectivity index (χ1n) is 6.11. The normalized spacial score (nSPS) is 13.4. The van der Waals surface area contributed by atoms with Crippen LogP contribution in [0.3, 0.4) is 0 Å².